The molecule has 8 nitrogen and oxygen atoms in total. The van der Waals surface area contributed by atoms with Gasteiger partial charge >= 0.3 is 5.97 Å². The fourth-order valence-electron chi connectivity index (χ4n) is 3.64. The van der Waals surface area contributed by atoms with E-state index in [1.165, 1.54) is 6.92 Å². The molecule has 0 spiro atoms. The van der Waals surface area contributed by atoms with Crippen molar-refractivity contribution in [3.63, 3.8) is 0 Å². The Kier molecular flexibility index (Phi) is 6.80. The maximum absolute atomic E-state index is 11.6. The number of carbonyl (C=O) groups is 2. The molecule has 1 aliphatic rings. The molecule has 8 heteroatoms. The Labute approximate surface area is 136 Å². The lowest BCUT2D eigenvalue weighted by Crippen LogP contribution is -2.51. The maximum atomic E-state index is 11.6. The average molecular weight is 328 g/mol. The van der Waals surface area contributed by atoms with Gasteiger partial charge < -0.3 is 27.0 Å². The van der Waals surface area contributed by atoms with E-state index in [0.717, 1.165) is 12.8 Å². The van der Waals surface area contributed by atoms with Gasteiger partial charge in [0, 0.05) is 18.9 Å². The molecule has 0 bridgehead atoms. The van der Waals surface area contributed by atoms with Crippen molar-refractivity contribution in [3.8, 4) is 0 Å². The number of nitrogens with one attached hydrogen (secondary N) is 1. The first-order chi connectivity index (χ1) is 10.7. The van der Waals surface area contributed by atoms with Gasteiger partial charge in [0.05, 0.1) is 18.1 Å². The first-order valence-electron chi connectivity index (χ1n) is 7.99. The van der Waals surface area contributed by atoms with Crippen LogP contribution in [0.1, 0.15) is 40.0 Å². The van der Waals surface area contributed by atoms with Crippen molar-refractivity contribution in [3.05, 3.63) is 0 Å². The van der Waals surface area contributed by atoms with Gasteiger partial charge in [0.1, 0.15) is 0 Å². The summed E-state index contributed by atoms with van der Waals surface area (Å²) in [5, 5.41) is 22.7. The number of aliphatic imine (C=N–C) groups is 1. The van der Waals surface area contributed by atoms with E-state index < -0.39 is 30.0 Å². The van der Waals surface area contributed by atoms with Crippen molar-refractivity contribution in [2.45, 2.75) is 58.2 Å². The molecule has 0 radical (unpaired) electrons. The van der Waals surface area contributed by atoms with Gasteiger partial charge in [-0.3, -0.25) is 9.59 Å². The van der Waals surface area contributed by atoms with Crippen molar-refractivity contribution in [2.75, 3.05) is 0 Å². The van der Waals surface area contributed by atoms with Crippen LogP contribution in [0.2, 0.25) is 0 Å². The monoisotopic (exact) mass is 328 g/mol. The first-order valence-corrected chi connectivity index (χ1v) is 7.99. The molecule has 1 saturated carbocycles. The molecule has 0 aromatic carbocycles. The molecule has 5 atom stereocenters. The summed E-state index contributed by atoms with van der Waals surface area (Å²) in [6, 6.07) is -0.913. The number of rotatable bonds is 7. The van der Waals surface area contributed by atoms with Crippen LogP contribution in [-0.2, 0) is 9.59 Å². The number of carboxylic acid groups (broad SMARTS) is 1. The van der Waals surface area contributed by atoms with Gasteiger partial charge in [-0.1, -0.05) is 26.7 Å². The summed E-state index contributed by atoms with van der Waals surface area (Å²) >= 11 is 0. The van der Waals surface area contributed by atoms with Gasteiger partial charge in [0.25, 0.3) is 0 Å². The summed E-state index contributed by atoms with van der Waals surface area (Å²) in [6.07, 6.45) is 0.612. The van der Waals surface area contributed by atoms with E-state index in [9.17, 15) is 19.8 Å². The highest BCUT2D eigenvalue weighted by Gasteiger charge is 2.50. The molecule has 132 valence electrons. The molecule has 0 unspecified atom stereocenters. The summed E-state index contributed by atoms with van der Waals surface area (Å²) in [4.78, 5) is 27.1. The SMILES string of the molecule is CCC(CC)[C@H](NC(C)=O)[C@@H]1[C@H](O)[C@H](C(=O)O)C[C@H]1N=C(N)N. The third-order valence-corrected chi connectivity index (χ3v) is 4.72. The van der Waals surface area contributed by atoms with Crippen LogP contribution < -0.4 is 16.8 Å². The number of hydrogen-bond donors (Lipinski definition) is 5. The van der Waals surface area contributed by atoms with E-state index in [-0.39, 0.29) is 30.2 Å². The van der Waals surface area contributed by atoms with Gasteiger partial charge in [0.2, 0.25) is 5.91 Å². The zero-order valence-electron chi connectivity index (χ0n) is 13.9. The number of guanidine groups is 1. The highest BCUT2D eigenvalue weighted by atomic mass is 16.4. The number of carboxylic acids is 1. The number of nitrogens with zero attached hydrogens (tertiary/aromatic N) is 1. The minimum atomic E-state index is -1.11. The molecule has 7 N–H and O–H groups in total. The van der Waals surface area contributed by atoms with Gasteiger partial charge in [-0.25, -0.2) is 4.99 Å². The number of aliphatic hydroxyl groups excluding tert-OH is 1. The molecule has 1 fully saturated rings. The van der Waals surface area contributed by atoms with Crippen LogP contribution in [0.3, 0.4) is 0 Å². The number of aliphatic carboxylic acids is 1. The predicted octanol–water partition coefficient (Wildman–Crippen LogP) is -0.349. The lowest BCUT2D eigenvalue weighted by atomic mass is 9.80. The summed E-state index contributed by atoms with van der Waals surface area (Å²) in [6.45, 7) is 5.39. The number of aliphatic hydroxyl groups is 1. The Morgan fingerprint density at radius 3 is 2.26 bits per heavy atom. The third-order valence-electron chi connectivity index (χ3n) is 4.72. The van der Waals surface area contributed by atoms with E-state index >= 15 is 0 Å². The number of carbonyl (C=O) groups excluding carboxylic acids is 1. The molecule has 0 heterocycles. The van der Waals surface area contributed by atoms with E-state index in [0.29, 0.717) is 0 Å². The Morgan fingerprint density at radius 2 is 1.87 bits per heavy atom. The lowest BCUT2D eigenvalue weighted by Gasteiger charge is -2.35. The molecular weight excluding hydrogens is 300 g/mol. The maximum Gasteiger partial charge on any atom is 0.309 e. The third kappa shape index (κ3) is 4.57. The minimum absolute atomic E-state index is 0.0998. The average Bonchev–Trinajstić information content (AvgIpc) is 2.74. The Balaban J connectivity index is 3.23. The topological polar surface area (TPSA) is 151 Å². The van der Waals surface area contributed by atoms with Crippen molar-refractivity contribution >= 4 is 17.8 Å². The van der Waals surface area contributed by atoms with E-state index in [2.05, 4.69) is 10.3 Å². The normalized spacial score (nSPS) is 28.4. The number of hydrogen-bond acceptors (Lipinski definition) is 4. The molecule has 1 amide bonds. The molecule has 0 aromatic heterocycles. The standard InChI is InChI=1S/C15H28N4O4/c1-4-8(5-2)12(18-7(3)20)11-10(19-15(16)17)6-9(13(11)21)14(22)23/h8-13,21H,4-6H2,1-3H3,(H,18,20)(H,22,23)(H4,16,17,19)/t9-,10-,11-,12+,13-/m1/s1. The van der Waals surface area contributed by atoms with Crippen molar-refractivity contribution in [1.29, 1.82) is 0 Å². The van der Waals surface area contributed by atoms with Crippen LogP contribution in [0.25, 0.3) is 0 Å². The Hall–Kier alpha value is -1.83. The zero-order chi connectivity index (χ0) is 17.7. The quantitative estimate of drug-likeness (QED) is 0.318. The van der Waals surface area contributed by atoms with Gasteiger partial charge in [0.15, 0.2) is 5.96 Å². The number of amides is 1. The van der Waals surface area contributed by atoms with Crippen molar-refractivity contribution in [2.24, 2.45) is 34.2 Å². The van der Waals surface area contributed by atoms with Gasteiger partial charge in [-0.2, -0.15) is 0 Å². The Morgan fingerprint density at radius 1 is 1.30 bits per heavy atom. The fraction of sp³-hybridized carbons (Fsp3) is 0.800. The first kappa shape index (κ1) is 19.2. The van der Waals surface area contributed by atoms with Crippen molar-refractivity contribution in [1.82, 2.24) is 5.32 Å². The highest BCUT2D eigenvalue weighted by Crippen LogP contribution is 2.39. The van der Waals surface area contributed by atoms with Gasteiger partial charge in [-0.15, -0.1) is 0 Å². The van der Waals surface area contributed by atoms with Crippen LogP contribution in [-0.4, -0.2) is 46.2 Å². The second kappa shape index (κ2) is 8.14. The van der Waals surface area contributed by atoms with Crippen LogP contribution in [0, 0.1) is 17.8 Å². The zero-order valence-corrected chi connectivity index (χ0v) is 13.9. The summed E-state index contributed by atoms with van der Waals surface area (Å²) in [7, 11) is 0. The molecule has 1 aliphatic carbocycles. The molecule has 1 rings (SSSR count). The molecular formula is C15H28N4O4. The smallest absolute Gasteiger partial charge is 0.309 e. The van der Waals surface area contributed by atoms with Crippen LogP contribution in [0.5, 0.6) is 0 Å². The largest absolute Gasteiger partial charge is 0.481 e. The lowest BCUT2D eigenvalue weighted by molar-refractivity contribution is -0.145. The second-order valence-corrected chi connectivity index (χ2v) is 6.17. The highest BCUT2D eigenvalue weighted by molar-refractivity contribution is 5.76. The van der Waals surface area contributed by atoms with Crippen LogP contribution >= 0.6 is 0 Å². The van der Waals surface area contributed by atoms with Crippen LogP contribution in [0.15, 0.2) is 4.99 Å². The van der Waals surface area contributed by atoms with E-state index in [1.54, 1.807) is 0 Å². The van der Waals surface area contributed by atoms with Crippen LogP contribution in [0.4, 0.5) is 0 Å². The summed E-state index contributed by atoms with van der Waals surface area (Å²) in [5.74, 6) is -2.84. The fourth-order valence-corrected chi connectivity index (χ4v) is 3.64. The molecule has 23 heavy (non-hydrogen) atoms. The second-order valence-electron chi connectivity index (χ2n) is 6.17. The summed E-state index contributed by atoms with van der Waals surface area (Å²) < 4.78 is 0. The van der Waals surface area contributed by atoms with Gasteiger partial charge in [-0.05, 0) is 12.3 Å². The van der Waals surface area contributed by atoms with Crippen molar-refractivity contribution < 1.29 is 19.8 Å². The predicted molar refractivity (Wildman–Crippen MR) is 86.5 cm³/mol. The van der Waals surface area contributed by atoms with E-state index in [1.807, 2.05) is 13.8 Å². The molecule has 0 saturated heterocycles. The number of nitrogens with two attached hydrogens (primary N) is 2. The summed E-state index contributed by atoms with van der Waals surface area (Å²) in [5.41, 5.74) is 10.9. The molecule has 0 aliphatic heterocycles. The van der Waals surface area contributed by atoms with E-state index in [4.69, 9.17) is 11.5 Å². The minimum Gasteiger partial charge on any atom is -0.481 e. The molecule has 0 aromatic rings. The Bertz CT molecular complexity index is 460.